The zero-order valence-corrected chi connectivity index (χ0v) is 13.5. The van der Waals surface area contributed by atoms with Gasteiger partial charge in [0.2, 0.25) is 0 Å². The van der Waals surface area contributed by atoms with Crippen LogP contribution in [0.15, 0.2) is 41.4 Å². The summed E-state index contributed by atoms with van der Waals surface area (Å²) in [7, 11) is -3.61. The molecule has 0 spiro atoms. The Morgan fingerprint density at radius 3 is 2.48 bits per heavy atom. The Morgan fingerprint density at radius 1 is 1.24 bits per heavy atom. The first kappa shape index (κ1) is 15.9. The minimum absolute atomic E-state index is 0.0730. The van der Waals surface area contributed by atoms with Gasteiger partial charge in [0, 0.05) is 18.0 Å². The van der Waals surface area contributed by atoms with Crippen LogP contribution in [0.2, 0.25) is 0 Å². The van der Waals surface area contributed by atoms with Crippen LogP contribution >= 0.6 is 11.6 Å². The summed E-state index contributed by atoms with van der Waals surface area (Å²) in [5.74, 6) is 0.965. The van der Waals surface area contributed by atoms with Crippen molar-refractivity contribution in [2.24, 2.45) is 0 Å². The predicted octanol–water partition coefficient (Wildman–Crippen LogP) is 3.05. The zero-order chi connectivity index (χ0) is 15.5. The molecule has 0 radical (unpaired) electrons. The average molecular weight is 328 g/mol. The van der Waals surface area contributed by atoms with Crippen LogP contribution in [0.3, 0.4) is 0 Å². The standard InChI is InChI=1S/C14H18ClN3O2S/c1-11(2)18-14(8-10-16-18)17-21(19,20)13-5-3-12(4-6-13)7-9-15/h3-6,8,10-11,17H,7,9H2,1-2H3. The molecule has 0 saturated heterocycles. The van der Waals surface area contributed by atoms with Crippen molar-refractivity contribution in [3.8, 4) is 0 Å². The van der Waals surface area contributed by atoms with Gasteiger partial charge in [0.25, 0.3) is 10.0 Å². The van der Waals surface area contributed by atoms with Crippen molar-refractivity contribution in [1.29, 1.82) is 0 Å². The minimum Gasteiger partial charge on any atom is -0.264 e. The number of nitrogens with zero attached hydrogens (tertiary/aromatic N) is 2. The lowest BCUT2D eigenvalue weighted by Gasteiger charge is -2.13. The lowest BCUT2D eigenvalue weighted by molar-refractivity contribution is 0.539. The fourth-order valence-corrected chi connectivity index (χ4v) is 3.21. The Morgan fingerprint density at radius 2 is 1.90 bits per heavy atom. The molecule has 1 heterocycles. The Bertz CT molecular complexity index is 693. The van der Waals surface area contributed by atoms with Crippen LogP contribution < -0.4 is 4.72 Å². The van der Waals surface area contributed by atoms with Gasteiger partial charge in [-0.15, -0.1) is 11.6 Å². The van der Waals surface area contributed by atoms with Crippen molar-refractivity contribution in [1.82, 2.24) is 9.78 Å². The molecule has 1 N–H and O–H groups in total. The zero-order valence-electron chi connectivity index (χ0n) is 12.0. The van der Waals surface area contributed by atoms with E-state index in [1.165, 1.54) is 0 Å². The van der Waals surface area contributed by atoms with Gasteiger partial charge in [0.1, 0.15) is 5.82 Å². The number of nitrogens with one attached hydrogen (secondary N) is 1. The first-order valence-corrected chi connectivity index (χ1v) is 8.67. The Labute approximate surface area is 130 Å². The van der Waals surface area contributed by atoms with Crippen molar-refractivity contribution in [3.63, 3.8) is 0 Å². The van der Waals surface area contributed by atoms with Crippen LogP contribution in [0, 0.1) is 0 Å². The van der Waals surface area contributed by atoms with Gasteiger partial charge in [0.15, 0.2) is 0 Å². The number of hydrogen-bond acceptors (Lipinski definition) is 3. The molecule has 114 valence electrons. The van der Waals surface area contributed by atoms with Crippen molar-refractivity contribution >= 4 is 27.4 Å². The highest BCUT2D eigenvalue weighted by atomic mass is 35.5. The molecule has 0 amide bonds. The van der Waals surface area contributed by atoms with Crippen LogP contribution in [0.1, 0.15) is 25.5 Å². The largest absolute Gasteiger partial charge is 0.264 e. The summed E-state index contributed by atoms with van der Waals surface area (Å²) in [6, 6.07) is 8.43. The van der Waals surface area contributed by atoms with Gasteiger partial charge in [-0.2, -0.15) is 5.10 Å². The quantitative estimate of drug-likeness (QED) is 0.829. The van der Waals surface area contributed by atoms with Gasteiger partial charge >= 0.3 is 0 Å². The molecule has 2 aromatic rings. The fraction of sp³-hybridized carbons (Fsp3) is 0.357. The first-order valence-electron chi connectivity index (χ1n) is 6.65. The van der Waals surface area contributed by atoms with E-state index in [0.717, 1.165) is 12.0 Å². The van der Waals surface area contributed by atoms with E-state index in [1.54, 1.807) is 41.2 Å². The molecular weight excluding hydrogens is 310 g/mol. The minimum atomic E-state index is -3.61. The molecule has 0 aliphatic rings. The molecule has 1 aromatic carbocycles. The van der Waals surface area contributed by atoms with Gasteiger partial charge in [-0.05, 0) is 38.0 Å². The van der Waals surface area contributed by atoms with E-state index in [-0.39, 0.29) is 10.9 Å². The first-order chi connectivity index (χ1) is 9.94. The van der Waals surface area contributed by atoms with Crippen LogP contribution in [0.5, 0.6) is 0 Å². The second kappa shape index (κ2) is 6.49. The number of rotatable bonds is 6. The fourth-order valence-electron chi connectivity index (χ4n) is 1.95. The predicted molar refractivity (Wildman–Crippen MR) is 84.3 cm³/mol. The van der Waals surface area contributed by atoms with Gasteiger partial charge in [0.05, 0.1) is 11.1 Å². The molecule has 0 saturated carbocycles. The Kier molecular flexibility index (Phi) is 4.90. The van der Waals surface area contributed by atoms with E-state index in [2.05, 4.69) is 9.82 Å². The van der Waals surface area contributed by atoms with E-state index < -0.39 is 10.0 Å². The second-order valence-corrected chi connectivity index (χ2v) is 7.00. The number of anilines is 1. The summed E-state index contributed by atoms with van der Waals surface area (Å²) in [6.45, 7) is 3.87. The summed E-state index contributed by atoms with van der Waals surface area (Å²) in [4.78, 5) is 0.220. The highest BCUT2D eigenvalue weighted by Crippen LogP contribution is 2.19. The summed E-state index contributed by atoms with van der Waals surface area (Å²) in [5.41, 5.74) is 1.01. The van der Waals surface area contributed by atoms with Gasteiger partial charge in [-0.1, -0.05) is 12.1 Å². The highest BCUT2D eigenvalue weighted by Gasteiger charge is 2.17. The topological polar surface area (TPSA) is 64.0 Å². The van der Waals surface area contributed by atoms with Crippen molar-refractivity contribution < 1.29 is 8.42 Å². The number of sulfonamides is 1. The number of benzene rings is 1. The molecular formula is C14H18ClN3O2S. The maximum Gasteiger partial charge on any atom is 0.263 e. The van der Waals surface area contributed by atoms with E-state index in [9.17, 15) is 8.42 Å². The normalized spacial score (nSPS) is 11.8. The van der Waals surface area contributed by atoms with Gasteiger partial charge in [-0.3, -0.25) is 4.72 Å². The van der Waals surface area contributed by atoms with Crippen LogP contribution in [-0.2, 0) is 16.4 Å². The maximum absolute atomic E-state index is 12.4. The highest BCUT2D eigenvalue weighted by molar-refractivity contribution is 7.92. The molecule has 2 rings (SSSR count). The van der Waals surface area contributed by atoms with Crippen LogP contribution in [0.4, 0.5) is 5.82 Å². The molecule has 0 aliphatic carbocycles. The lowest BCUT2D eigenvalue weighted by Crippen LogP contribution is -2.17. The number of halogens is 1. The van der Waals surface area contributed by atoms with Gasteiger partial charge < -0.3 is 0 Å². The third-order valence-corrected chi connectivity index (χ3v) is 4.57. The number of alkyl halides is 1. The van der Waals surface area contributed by atoms with E-state index in [4.69, 9.17) is 11.6 Å². The van der Waals surface area contributed by atoms with Gasteiger partial charge in [-0.25, -0.2) is 13.1 Å². The van der Waals surface area contributed by atoms with Crippen molar-refractivity contribution in [2.45, 2.75) is 31.2 Å². The number of aryl methyl sites for hydroxylation is 1. The summed E-state index contributed by atoms with van der Waals surface area (Å²) >= 11 is 5.67. The third kappa shape index (κ3) is 3.77. The Hall–Kier alpha value is -1.53. The summed E-state index contributed by atoms with van der Waals surface area (Å²) < 4.78 is 28.9. The SMILES string of the molecule is CC(C)n1nccc1NS(=O)(=O)c1ccc(CCCl)cc1. The van der Waals surface area contributed by atoms with Crippen LogP contribution in [0.25, 0.3) is 0 Å². The molecule has 0 aliphatic heterocycles. The molecule has 21 heavy (non-hydrogen) atoms. The second-order valence-electron chi connectivity index (χ2n) is 4.94. The summed E-state index contributed by atoms with van der Waals surface area (Å²) in [6.07, 6.45) is 2.29. The third-order valence-electron chi connectivity index (χ3n) is 3.02. The lowest BCUT2D eigenvalue weighted by atomic mass is 10.2. The molecule has 0 fully saturated rings. The van der Waals surface area contributed by atoms with Crippen molar-refractivity contribution in [2.75, 3.05) is 10.6 Å². The molecule has 1 aromatic heterocycles. The van der Waals surface area contributed by atoms with Crippen molar-refractivity contribution in [3.05, 3.63) is 42.1 Å². The molecule has 0 unspecified atom stereocenters. The van der Waals surface area contributed by atoms with Crippen LogP contribution in [-0.4, -0.2) is 24.1 Å². The molecule has 5 nitrogen and oxygen atoms in total. The Balaban J connectivity index is 2.23. The molecule has 7 heteroatoms. The molecule has 0 bridgehead atoms. The maximum atomic E-state index is 12.4. The van der Waals surface area contributed by atoms with E-state index in [0.29, 0.717) is 11.7 Å². The van der Waals surface area contributed by atoms with E-state index in [1.807, 2.05) is 13.8 Å². The number of aromatic nitrogens is 2. The monoisotopic (exact) mass is 327 g/mol. The molecule has 0 atom stereocenters. The number of hydrogen-bond donors (Lipinski definition) is 1. The van der Waals surface area contributed by atoms with E-state index >= 15 is 0 Å². The average Bonchev–Trinajstić information content (AvgIpc) is 2.87. The summed E-state index contributed by atoms with van der Waals surface area (Å²) in [5, 5.41) is 4.11. The smallest absolute Gasteiger partial charge is 0.263 e.